The van der Waals surface area contributed by atoms with Crippen molar-refractivity contribution in [2.24, 2.45) is 5.11 Å². The topological polar surface area (TPSA) is 109 Å². The predicted molar refractivity (Wildman–Crippen MR) is 35.0 cm³/mol. The van der Waals surface area contributed by atoms with Crippen molar-refractivity contribution in [3.8, 4) is 0 Å². The molecule has 0 aromatic rings. The van der Waals surface area contributed by atoms with Crippen LogP contribution < -0.4 is 0 Å². The van der Waals surface area contributed by atoms with Gasteiger partial charge in [-0.2, -0.15) is 8.42 Å². The Labute approximate surface area is 63.7 Å². The van der Waals surface area contributed by atoms with E-state index in [0.29, 0.717) is 0 Å². The Kier molecular flexibility index (Phi) is 4.87. The maximum atomic E-state index is 10.3. The third-order valence-electron chi connectivity index (χ3n) is 0.656. The molecule has 0 bridgehead atoms. The highest BCUT2D eigenvalue weighted by Gasteiger charge is 2.00. The fraction of sp³-hybridized carbons (Fsp3) is 0.667. The first-order valence-electron chi connectivity index (χ1n) is 2.53. The minimum atomic E-state index is -3.15. The minimum absolute atomic E-state index is 0.0987. The number of hydrogen-bond acceptors (Lipinski definition) is 5. The first-order chi connectivity index (χ1) is 5.16. The van der Waals surface area contributed by atoms with Crippen molar-refractivity contribution in [3.05, 3.63) is 10.4 Å². The van der Waals surface area contributed by atoms with Crippen LogP contribution in [0.2, 0.25) is 0 Å². The number of nitrogens with zero attached hydrogens (tertiary/aromatic N) is 3. The molecule has 0 aliphatic heterocycles. The summed E-state index contributed by atoms with van der Waals surface area (Å²) in [6.45, 7) is -0.0987. The third-order valence-corrected chi connectivity index (χ3v) is 1.01. The molecule has 0 radical (unpaired) electrons. The summed E-state index contributed by atoms with van der Waals surface area (Å²) in [5.74, 6) is -0.923. The Balaban J connectivity index is 3.61. The summed E-state index contributed by atoms with van der Waals surface area (Å²) in [6.07, 6.45) is -0.229. The van der Waals surface area contributed by atoms with E-state index < -0.39 is 17.0 Å². The molecule has 0 saturated carbocycles. The number of thiol groups is 1. The van der Waals surface area contributed by atoms with Gasteiger partial charge < -0.3 is 4.18 Å². The zero-order chi connectivity index (χ0) is 8.69. The number of hydrogen-bond donors (Lipinski definition) is 1. The average molecular weight is 179 g/mol. The number of carbonyl (C=O) groups excluding carboxylic acids is 1. The Hall–Kier alpha value is -1.27. The van der Waals surface area contributed by atoms with Crippen molar-refractivity contribution >= 4 is 17.0 Å². The molecule has 0 saturated heterocycles. The van der Waals surface area contributed by atoms with Crippen molar-refractivity contribution in [2.45, 2.75) is 6.42 Å². The highest BCUT2D eigenvalue weighted by atomic mass is 32.2. The first kappa shape index (κ1) is 9.73. The fourth-order valence-electron chi connectivity index (χ4n) is 0.315. The van der Waals surface area contributed by atoms with Gasteiger partial charge in [-0.25, -0.2) is 0 Å². The van der Waals surface area contributed by atoms with Gasteiger partial charge in [0.05, 0.1) is 6.42 Å². The van der Waals surface area contributed by atoms with Gasteiger partial charge in [-0.3, -0.25) is 4.79 Å². The van der Waals surface area contributed by atoms with Gasteiger partial charge in [0.15, 0.2) is 0 Å². The standard InChI is InChI=1S/C3H5N3O4S/c4-6-5-2-1-3(7)10-11(8)9/h11H,1-2H2. The maximum absolute atomic E-state index is 10.3. The molecule has 0 heterocycles. The highest BCUT2D eigenvalue weighted by Crippen LogP contribution is 1.87. The molecule has 0 atom stereocenters. The van der Waals surface area contributed by atoms with Gasteiger partial charge in [0.2, 0.25) is 0 Å². The van der Waals surface area contributed by atoms with Gasteiger partial charge in [0.1, 0.15) is 0 Å². The first-order valence-corrected chi connectivity index (χ1v) is 3.62. The molecule has 0 amide bonds. The lowest BCUT2D eigenvalue weighted by Crippen LogP contribution is -2.03. The smallest absolute Gasteiger partial charge is 0.322 e. The average Bonchev–Trinajstić information content (AvgIpc) is 1.86. The van der Waals surface area contributed by atoms with Crippen molar-refractivity contribution in [1.82, 2.24) is 0 Å². The van der Waals surface area contributed by atoms with E-state index in [4.69, 9.17) is 5.53 Å². The number of carbonyl (C=O) groups is 1. The zero-order valence-corrected chi connectivity index (χ0v) is 6.23. The third kappa shape index (κ3) is 6.62. The lowest BCUT2D eigenvalue weighted by Gasteiger charge is -1.90. The molecule has 0 fully saturated rings. The van der Waals surface area contributed by atoms with Crippen LogP contribution in [0.5, 0.6) is 0 Å². The van der Waals surface area contributed by atoms with Crippen molar-refractivity contribution in [2.75, 3.05) is 6.54 Å². The molecule has 0 unspecified atom stereocenters. The molecule has 8 heteroatoms. The van der Waals surface area contributed by atoms with Gasteiger partial charge in [-0.15, -0.1) is 0 Å². The summed E-state index contributed by atoms with van der Waals surface area (Å²) < 4.78 is 23.2. The van der Waals surface area contributed by atoms with E-state index in [9.17, 15) is 13.2 Å². The summed E-state index contributed by atoms with van der Waals surface area (Å²) in [6, 6.07) is 0. The van der Waals surface area contributed by atoms with Crippen LogP contribution in [0.1, 0.15) is 6.42 Å². The van der Waals surface area contributed by atoms with Crippen LogP contribution in [0, 0.1) is 0 Å². The molecule has 7 nitrogen and oxygen atoms in total. The van der Waals surface area contributed by atoms with E-state index in [1.807, 2.05) is 0 Å². The van der Waals surface area contributed by atoms with E-state index in [1.54, 1.807) is 0 Å². The van der Waals surface area contributed by atoms with Crippen LogP contribution in [-0.4, -0.2) is 20.9 Å². The summed E-state index contributed by atoms with van der Waals surface area (Å²) >= 11 is 0. The molecular formula is C3H5N3O4S. The van der Waals surface area contributed by atoms with Gasteiger partial charge in [0.25, 0.3) is 0 Å². The Morgan fingerprint density at radius 2 is 2.27 bits per heavy atom. The van der Waals surface area contributed by atoms with E-state index in [-0.39, 0.29) is 13.0 Å². The summed E-state index contributed by atoms with van der Waals surface area (Å²) in [5.41, 5.74) is 7.75. The fourth-order valence-corrected chi connectivity index (χ4v) is 0.572. The molecule has 0 N–H and O–H groups in total. The summed E-state index contributed by atoms with van der Waals surface area (Å²) in [5, 5.41) is 3.00. The van der Waals surface area contributed by atoms with Crippen LogP contribution in [0.4, 0.5) is 0 Å². The van der Waals surface area contributed by atoms with Crippen LogP contribution in [0.15, 0.2) is 5.11 Å². The second-order valence-corrected chi connectivity index (χ2v) is 2.02. The van der Waals surface area contributed by atoms with Crippen molar-refractivity contribution in [3.63, 3.8) is 0 Å². The van der Waals surface area contributed by atoms with Crippen LogP contribution >= 0.6 is 0 Å². The molecule has 0 aromatic heterocycles. The lowest BCUT2D eigenvalue weighted by atomic mass is 10.4. The van der Waals surface area contributed by atoms with E-state index in [2.05, 4.69) is 14.2 Å². The molecule has 11 heavy (non-hydrogen) atoms. The maximum Gasteiger partial charge on any atom is 0.322 e. The molecule has 0 aliphatic carbocycles. The Morgan fingerprint density at radius 1 is 1.64 bits per heavy atom. The monoisotopic (exact) mass is 179 g/mol. The number of rotatable bonds is 4. The van der Waals surface area contributed by atoms with Crippen LogP contribution in [-0.2, 0) is 20.0 Å². The van der Waals surface area contributed by atoms with Crippen molar-refractivity contribution < 1.29 is 17.4 Å². The molecule has 62 valence electrons. The molecular weight excluding hydrogens is 174 g/mol. The van der Waals surface area contributed by atoms with Crippen molar-refractivity contribution in [1.29, 1.82) is 0 Å². The Morgan fingerprint density at radius 3 is 2.73 bits per heavy atom. The van der Waals surface area contributed by atoms with Gasteiger partial charge in [0, 0.05) is 11.5 Å². The van der Waals surface area contributed by atoms with E-state index in [0.717, 1.165) is 0 Å². The SMILES string of the molecule is [N-]=[N+]=NCCC(=O)O[SH](=O)=O. The summed E-state index contributed by atoms with van der Waals surface area (Å²) in [4.78, 5) is 12.7. The van der Waals surface area contributed by atoms with E-state index in [1.165, 1.54) is 0 Å². The predicted octanol–water partition coefficient (Wildman–Crippen LogP) is -0.244. The number of azide groups is 1. The van der Waals surface area contributed by atoms with Gasteiger partial charge >= 0.3 is 17.0 Å². The zero-order valence-electron chi connectivity index (χ0n) is 5.34. The quantitative estimate of drug-likeness (QED) is 0.278. The van der Waals surface area contributed by atoms with Crippen LogP contribution in [0.3, 0.4) is 0 Å². The normalized spacial score (nSPS) is 8.82. The lowest BCUT2D eigenvalue weighted by molar-refractivity contribution is -0.133. The Bertz CT molecular complexity index is 245. The van der Waals surface area contributed by atoms with E-state index >= 15 is 0 Å². The van der Waals surface area contributed by atoms with Gasteiger partial charge in [-0.05, 0) is 5.53 Å². The van der Waals surface area contributed by atoms with Crippen LogP contribution in [0.25, 0.3) is 10.4 Å². The second kappa shape index (κ2) is 5.51. The van der Waals surface area contributed by atoms with Gasteiger partial charge in [-0.1, -0.05) is 5.11 Å². The largest absolute Gasteiger partial charge is 0.348 e. The molecule has 0 aliphatic rings. The molecule has 0 spiro atoms. The molecule has 0 rings (SSSR count). The highest BCUT2D eigenvalue weighted by molar-refractivity contribution is 7.67. The second-order valence-electron chi connectivity index (χ2n) is 1.39. The molecule has 0 aromatic carbocycles. The minimum Gasteiger partial charge on any atom is -0.348 e. The summed E-state index contributed by atoms with van der Waals surface area (Å²) in [7, 11) is -3.15.